The van der Waals surface area contributed by atoms with Crippen LogP contribution in [0.1, 0.15) is 22.3 Å². The molecule has 0 bridgehead atoms. The van der Waals surface area contributed by atoms with Gasteiger partial charge in [0.15, 0.2) is 0 Å². The van der Waals surface area contributed by atoms with Gasteiger partial charge in [-0.1, -0.05) is 176 Å². The fourth-order valence-electron chi connectivity index (χ4n) is 10.7. The van der Waals surface area contributed by atoms with Crippen molar-refractivity contribution >= 4 is 64.5 Å². The summed E-state index contributed by atoms with van der Waals surface area (Å²) in [5, 5.41) is 11.6. The Bertz CT molecular complexity index is 3430. The molecule has 0 amide bonds. The molecule has 0 radical (unpaired) electrons. The highest BCUT2D eigenvalue weighted by atomic mass is 32.1. The van der Waals surface area contributed by atoms with Crippen LogP contribution in [-0.2, 0) is 5.41 Å². The largest absolute Gasteiger partial charge is 0.135 e. The first-order chi connectivity index (χ1) is 27.8. The molecule has 1 spiro atoms. The highest BCUT2D eigenvalue weighted by Crippen LogP contribution is 2.67. The van der Waals surface area contributed by atoms with E-state index in [9.17, 15) is 0 Å². The molecule has 1 heterocycles. The van der Waals surface area contributed by atoms with Crippen LogP contribution in [0.5, 0.6) is 0 Å². The number of fused-ring (bicyclic) bond motifs is 17. The normalized spacial score (nSPS) is 15.2. The molecule has 1 atom stereocenters. The van der Waals surface area contributed by atoms with Crippen molar-refractivity contribution in [1.29, 1.82) is 0 Å². The van der Waals surface area contributed by atoms with E-state index in [4.69, 9.17) is 0 Å². The SMILES string of the molecule is c1ccc2c(c1)-c1sc3ccccc3c1C21c2cc(-c3c4ccccc4c(-c4ccc5ccccc5c4)c4ccccc34)ccc2-c2c1ccc1ccccc21. The predicted octanol–water partition coefficient (Wildman–Crippen LogP) is 15.2. The molecule has 0 fully saturated rings. The van der Waals surface area contributed by atoms with Gasteiger partial charge in [0, 0.05) is 9.58 Å². The summed E-state index contributed by atoms with van der Waals surface area (Å²) in [5.74, 6) is 0. The molecule has 2 aliphatic carbocycles. The third-order valence-electron chi connectivity index (χ3n) is 12.8. The van der Waals surface area contributed by atoms with Crippen LogP contribution in [0.25, 0.3) is 97.0 Å². The minimum Gasteiger partial charge on any atom is -0.135 e. The summed E-state index contributed by atoms with van der Waals surface area (Å²) in [6.07, 6.45) is 0. The first-order valence-corrected chi connectivity index (χ1v) is 20.3. The highest BCUT2D eigenvalue weighted by Gasteiger charge is 2.53. The third kappa shape index (κ3) is 3.83. The van der Waals surface area contributed by atoms with Crippen LogP contribution in [0.15, 0.2) is 194 Å². The van der Waals surface area contributed by atoms with Gasteiger partial charge in [0.05, 0.1) is 5.41 Å². The Labute approximate surface area is 328 Å². The maximum Gasteiger partial charge on any atom is 0.0740 e. The van der Waals surface area contributed by atoms with Crippen molar-refractivity contribution in [2.24, 2.45) is 0 Å². The molecule has 56 heavy (non-hydrogen) atoms. The quantitative estimate of drug-likeness (QED) is 0.156. The highest BCUT2D eigenvalue weighted by molar-refractivity contribution is 7.22. The zero-order valence-electron chi connectivity index (χ0n) is 30.4. The number of hydrogen-bond donors (Lipinski definition) is 0. The van der Waals surface area contributed by atoms with Crippen LogP contribution in [-0.4, -0.2) is 0 Å². The fraction of sp³-hybridized carbons (Fsp3) is 0.0182. The van der Waals surface area contributed by atoms with Crippen molar-refractivity contribution in [3.8, 4) is 43.8 Å². The summed E-state index contributed by atoms with van der Waals surface area (Å²) >= 11 is 1.95. The number of hydrogen-bond acceptors (Lipinski definition) is 1. The molecule has 13 rings (SSSR count). The topological polar surface area (TPSA) is 0 Å². The van der Waals surface area contributed by atoms with E-state index in [1.54, 1.807) is 0 Å². The van der Waals surface area contributed by atoms with Gasteiger partial charge in [-0.3, -0.25) is 0 Å². The Morgan fingerprint density at radius 3 is 1.62 bits per heavy atom. The molecule has 1 aromatic heterocycles. The summed E-state index contributed by atoms with van der Waals surface area (Å²) in [4.78, 5) is 1.40. The van der Waals surface area contributed by atoms with Gasteiger partial charge >= 0.3 is 0 Å². The first kappa shape index (κ1) is 30.5. The second-order valence-corrected chi connectivity index (χ2v) is 16.5. The summed E-state index contributed by atoms with van der Waals surface area (Å²) in [7, 11) is 0. The second-order valence-electron chi connectivity index (χ2n) is 15.5. The number of rotatable bonds is 2. The molecular weight excluding hydrogens is 693 g/mol. The molecule has 10 aromatic carbocycles. The second kappa shape index (κ2) is 11.1. The summed E-state index contributed by atoms with van der Waals surface area (Å²) in [6.45, 7) is 0. The van der Waals surface area contributed by atoms with E-state index in [2.05, 4.69) is 194 Å². The Morgan fingerprint density at radius 1 is 0.321 bits per heavy atom. The van der Waals surface area contributed by atoms with E-state index in [0.717, 1.165) is 0 Å². The molecule has 0 nitrogen and oxygen atoms in total. The Kier molecular flexibility index (Phi) is 6.07. The first-order valence-electron chi connectivity index (χ1n) is 19.5. The molecule has 0 N–H and O–H groups in total. The molecule has 1 unspecified atom stereocenters. The van der Waals surface area contributed by atoms with E-state index >= 15 is 0 Å². The Balaban J connectivity index is 1.16. The summed E-state index contributed by atoms with van der Waals surface area (Å²) in [6, 6.07) is 73.2. The average molecular weight is 725 g/mol. The van der Waals surface area contributed by atoms with E-state index < -0.39 is 5.41 Å². The van der Waals surface area contributed by atoms with Gasteiger partial charge in [0.2, 0.25) is 0 Å². The van der Waals surface area contributed by atoms with E-state index in [1.807, 2.05) is 11.3 Å². The molecule has 0 saturated carbocycles. The molecular formula is C55H32S. The molecule has 258 valence electrons. The fourth-order valence-corrected chi connectivity index (χ4v) is 12.0. The molecule has 0 aliphatic heterocycles. The minimum atomic E-state index is -0.452. The molecule has 0 saturated heterocycles. The lowest BCUT2D eigenvalue weighted by atomic mass is 9.69. The van der Waals surface area contributed by atoms with Gasteiger partial charge in [-0.2, -0.15) is 0 Å². The molecule has 2 aliphatic rings. The number of benzene rings is 10. The zero-order chi connectivity index (χ0) is 36.5. The van der Waals surface area contributed by atoms with Gasteiger partial charge in [0.25, 0.3) is 0 Å². The lowest BCUT2D eigenvalue weighted by molar-refractivity contribution is 0.804. The van der Waals surface area contributed by atoms with Crippen LogP contribution in [0.3, 0.4) is 0 Å². The minimum absolute atomic E-state index is 0.452. The predicted molar refractivity (Wildman–Crippen MR) is 239 cm³/mol. The van der Waals surface area contributed by atoms with E-state index in [1.165, 1.54) is 119 Å². The van der Waals surface area contributed by atoms with Crippen molar-refractivity contribution in [3.05, 3.63) is 216 Å². The average Bonchev–Trinajstić information content (AvgIpc) is 3.89. The van der Waals surface area contributed by atoms with Crippen LogP contribution >= 0.6 is 11.3 Å². The van der Waals surface area contributed by atoms with Crippen molar-refractivity contribution in [1.82, 2.24) is 0 Å². The maximum atomic E-state index is 2.58. The molecule has 1 heteroatoms. The van der Waals surface area contributed by atoms with Crippen molar-refractivity contribution < 1.29 is 0 Å². The van der Waals surface area contributed by atoms with Gasteiger partial charge in [-0.05, 0) is 128 Å². The lowest BCUT2D eigenvalue weighted by Gasteiger charge is -2.31. The summed E-state index contributed by atoms with van der Waals surface area (Å²) in [5.41, 5.74) is 14.3. The van der Waals surface area contributed by atoms with Gasteiger partial charge < -0.3 is 0 Å². The van der Waals surface area contributed by atoms with Crippen LogP contribution in [0.2, 0.25) is 0 Å². The van der Waals surface area contributed by atoms with Crippen molar-refractivity contribution in [2.75, 3.05) is 0 Å². The molecule has 11 aromatic rings. The summed E-state index contributed by atoms with van der Waals surface area (Å²) < 4.78 is 1.35. The van der Waals surface area contributed by atoms with E-state index in [0.29, 0.717) is 0 Å². The lowest BCUT2D eigenvalue weighted by Crippen LogP contribution is -2.25. The van der Waals surface area contributed by atoms with Crippen LogP contribution in [0, 0.1) is 0 Å². The Morgan fingerprint density at radius 2 is 0.875 bits per heavy atom. The van der Waals surface area contributed by atoms with Crippen LogP contribution < -0.4 is 0 Å². The van der Waals surface area contributed by atoms with Crippen LogP contribution in [0.4, 0.5) is 0 Å². The zero-order valence-corrected chi connectivity index (χ0v) is 31.2. The van der Waals surface area contributed by atoms with E-state index in [-0.39, 0.29) is 0 Å². The van der Waals surface area contributed by atoms with Gasteiger partial charge in [-0.15, -0.1) is 11.3 Å². The maximum absolute atomic E-state index is 2.58. The van der Waals surface area contributed by atoms with Gasteiger partial charge in [-0.25, -0.2) is 0 Å². The van der Waals surface area contributed by atoms with Crippen molar-refractivity contribution in [2.45, 2.75) is 5.41 Å². The Hall–Kier alpha value is -6.80. The standard InChI is InChI=1S/C55H32S/c1-2-15-35-31-36(26-25-33(35)13-1)50-39-17-5-7-19-41(39)51(42-20-8-6-18-40(42)50)37-27-29-43-48(32-37)55(47-30-28-34-14-3-4-16-38(34)52(43)47)46-23-11-9-21-44(46)54-53(55)45-22-10-12-24-49(45)56-54/h1-32H. The monoisotopic (exact) mass is 724 g/mol. The third-order valence-corrected chi connectivity index (χ3v) is 14.0. The van der Waals surface area contributed by atoms with Gasteiger partial charge in [0.1, 0.15) is 0 Å². The smallest absolute Gasteiger partial charge is 0.0740 e. The number of thiophene rings is 1. The van der Waals surface area contributed by atoms with Crippen molar-refractivity contribution in [3.63, 3.8) is 0 Å².